The molecule has 0 atom stereocenters. The van der Waals surface area contributed by atoms with Crippen LogP contribution in [0.15, 0.2) is 47.8 Å². The van der Waals surface area contributed by atoms with E-state index in [1.165, 1.54) is 38.4 Å². The first-order chi connectivity index (χ1) is 15.1. The third-order valence-electron chi connectivity index (χ3n) is 5.01. The van der Waals surface area contributed by atoms with Crippen molar-refractivity contribution in [1.29, 1.82) is 0 Å². The number of ether oxygens (including phenoxy) is 2. The molecule has 0 saturated heterocycles. The zero-order valence-corrected chi connectivity index (χ0v) is 19.4. The summed E-state index contributed by atoms with van der Waals surface area (Å²) in [4.78, 5) is 9.03. The molecule has 1 aromatic carbocycles. The number of pyridine rings is 1. The van der Waals surface area contributed by atoms with E-state index in [0.717, 1.165) is 47.8 Å². The van der Waals surface area contributed by atoms with E-state index in [4.69, 9.17) is 9.47 Å². The summed E-state index contributed by atoms with van der Waals surface area (Å²) < 4.78 is 11.8. The van der Waals surface area contributed by atoms with Crippen LogP contribution in [0.5, 0.6) is 11.5 Å². The van der Waals surface area contributed by atoms with Crippen LogP contribution in [-0.4, -0.2) is 31.5 Å². The van der Waals surface area contributed by atoms with Gasteiger partial charge in [-0.15, -0.1) is 0 Å². The van der Waals surface area contributed by atoms with E-state index in [0.29, 0.717) is 6.61 Å². The highest BCUT2D eigenvalue weighted by atomic mass is 16.6. The highest BCUT2D eigenvalue weighted by molar-refractivity contribution is 5.76. The lowest BCUT2D eigenvalue weighted by molar-refractivity contribution is 0.215. The van der Waals surface area contributed by atoms with Crippen LogP contribution < -0.4 is 9.47 Å². The van der Waals surface area contributed by atoms with E-state index in [9.17, 15) is 0 Å². The molecular formula is C26H36N2O3. The van der Waals surface area contributed by atoms with Crippen molar-refractivity contribution in [3.63, 3.8) is 0 Å². The van der Waals surface area contributed by atoms with Crippen molar-refractivity contribution < 1.29 is 14.3 Å². The Bertz CT molecular complexity index is 806. The summed E-state index contributed by atoms with van der Waals surface area (Å²) >= 11 is 0. The number of hydrogen-bond donors (Lipinski definition) is 0. The number of rotatable bonds is 14. The molecule has 0 bridgehead atoms. The molecule has 0 unspecified atom stereocenters. The van der Waals surface area contributed by atoms with Crippen molar-refractivity contribution in [2.45, 2.75) is 59.3 Å². The number of benzene rings is 1. The molecule has 31 heavy (non-hydrogen) atoms. The van der Waals surface area contributed by atoms with Gasteiger partial charge in [-0.3, -0.25) is 4.98 Å². The largest absolute Gasteiger partial charge is 0.493 e. The standard InChI is InChI=1S/C26H36N2O3/c1-5-6-15-30-25-17-21(2)26(22(3)18-25)31-16-11-9-7-8-10-12-23-13-14-24(27-19-23)20-28-29-4/h5-6,13-14,17-20H,7-12,15-16H2,1-4H3/b6-5+,28-20-. The molecule has 2 rings (SSSR count). The number of aryl methyl sites for hydroxylation is 3. The van der Waals surface area contributed by atoms with E-state index >= 15 is 0 Å². The van der Waals surface area contributed by atoms with E-state index in [2.05, 4.69) is 47.0 Å². The predicted octanol–water partition coefficient (Wildman–Crippen LogP) is 6.21. The number of aromatic nitrogens is 1. The summed E-state index contributed by atoms with van der Waals surface area (Å²) in [6, 6.07) is 8.19. The third kappa shape index (κ3) is 9.24. The second-order valence-electron chi connectivity index (χ2n) is 7.64. The Balaban J connectivity index is 1.60. The van der Waals surface area contributed by atoms with Gasteiger partial charge in [-0.25, -0.2) is 0 Å². The molecule has 0 aliphatic carbocycles. The number of oxime groups is 1. The lowest BCUT2D eigenvalue weighted by Crippen LogP contribution is -2.02. The van der Waals surface area contributed by atoms with Crippen molar-refractivity contribution in [2.75, 3.05) is 20.3 Å². The lowest BCUT2D eigenvalue weighted by Gasteiger charge is -2.14. The normalized spacial score (nSPS) is 11.4. The molecule has 5 heteroatoms. The van der Waals surface area contributed by atoms with Gasteiger partial charge in [-0.05, 0) is 74.9 Å². The van der Waals surface area contributed by atoms with Gasteiger partial charge in [-0.2, -0.15) is 0 Å². The molecule has 0 fully saturated rings. The first-order valence-corrected chi connectivity index (χ1v) is 11.1. The Labute approximate surface area is 187 Å². The minimum atomic E-state index is 0.598. The SMILES string of the molecule is C/C=C/COc1cc(C)c(OCCCCCCCc2ccc(/C=N\OC)nc2)c(C)c1. The third-order valence-corrected chi connectivity index (χ3v) is 5.01. The molecule has 1 heterocycles. The molecule has 0 N–H and O–H groups in total. The van der Waals surface area contributed by atoms with Crippen LogP contribution in [0, 0.1) is 13.8 Å². The van der Waals surface area contributed by atoms with Crippen LogP contribution in [0.2, 0.25) is 0 Å². The minimum absolute atomic E-state index is 0.598. The average molecular weight is 425 g/mol. The molecule has 0 amide bonds. The van der Waals surface area contributed by atoms with Crippen LogP contribution >= 0.6 is 0 Å². The van der Waals surface area contributed by atoms with Gasteiger partial charge in [0.15, 0.2) is 0 Å². The zero-order chi connectivity index (χ0) is 22.3. The van der Waals surface area contributed by atoms with E-state index < -0.39 is 0 Å². The number of allylic oxidation sites excluding steroid dienone is 1. The quantitative estimate of drug-likeness (QED) is 0.157. The van der Waals surface area contributed by atoms with Crippen LogP contribution in [0.3, 0.4) is 0 Å². The van der Waals surface area contributed by atoms with Crippen LogP contribution in [0.25, 0.3) is 0 Å². The molecule has 1 aromatic heterocycles. The van der Waals surface area contributed by atoms with Crippen molar-refractivity contribution in [3.8, 4) is 11.5 Å². The van der Waals surface area contributed by atoms with Crippen LogP contribution in [0.1, 0.15) is 61.4 Å². The average Bonchev–Trinajstić information content (AvgIpc) is 2.76. The Morgan fingerprint density at radius 1 is 0.968 bits per heavy atom. The van der Waals surface area contributed by atoms with Crippen molar-refractivity contribution in [1.82, 2.24) is 4.98 Å². The van der Waals surface area contributed by atoms with E-state index in [-0.39, 0.29) is 0 Å². The monoisotopic (exact) mass is 424 g/mol. The molecule has 0 spiro atoms. The van der Waals surface area contributed by atoms with Gasteiger partial charge in [0, 0.05) is 6.20 Å². The first-order valence-electron chi connectivity index (χ1n) is 11.1. The fourth-order valence-corrected chi connectivity index (χ4v) is 3.36. The molecule has 0 aliphatic rings. The summed E-state index contributed by atoms with van der Waals surface area (Å²) in [6.07, 6.45) is 14.5. The van der Waals surface area contributed by atoms with Gasteiger partial charge in [0.1, 0.15) is 25.2 Å². The lowest BCUT2D eigenvalue weighted by atomic mass is 10.1. The topological polar surface area (TPSA) is 52.9 Å². The Kier molecular flexibility index (Phi) is 11.2. The van der Waals surface area contributed by atoms with Crippen molar-refractivity contribution >= 4 is 6.21 Å². The molecular weight excluding hydrogens is 388 g/mol. The second-order valence-corrected chi connectivity index (χ2v) is 7.64. The fourth-order valence-electron chi connectivity index (χ4n) is 3.36. The molecule has 5 nitrogen and oxygen atoms in total. The summed E-state index contributed by atoms with van der Waals surface area (Å²) in [5.74, 6) is 1.89. The highest BCUT2D eigenvalue weighted by Gasteiger charge is 2.07. The van der Waals surface area contributed by atoms with Crippen LogP contribution in [0.4, 0.5) is 0 Å². The van der Waals surface area contributed by atoms with Gasteiger partial charge in [0.25, 0.3) is 0 Å². The van der Waals surface area contributed by atoms with Gasteiger partial charge < -0.3 is 14.3 Å². The molecule has 0 saturated carbocycles. The zero-order valence-electron chi connectivity index (χ0n) is 19.4. The minimum Gasteiger partial charge on any atom is -0.493 e. The second kappa shape index (κ2) is 14.2. The first kappa shape index (κ1) is 24.4. The molecule has 2 aromatic rings. The molecule has 168 valence electrons. The summed E-state index contributed by atoms with van der Waals surface area (Å²) in [5, 5.41) is 3.72. The van der Waals surface area contributed by atoms with Crippen LogP contribution in [-0.2, 0) is 11.3 Å². The Morgan fingerprint density at radius 2 is 1.71 bits per heavy atom. The number of unbranched alkanes of at least 4 members (excludes halogenated alkanes) is 4. The predicted molar refractivity (Wildman–Crippen MR) is 127 cm³/mol. The van der Waals surface area contributed by atoms with Gasteiger partial charge in [0.2, 0.25) is 0 Å². The number of hydrogen-bond acceptors (Lipinski definition) is 5. The summed E-state index contributed by atoms with van der Waals surface area (Å²) in [5.41, 5.74) is 4.33. The number of nitrogens with zero attached hydrogens (tertiary/aromatic N) is 2. The van der Waals surface area contributed by atoms with Gasteiger partial charge in [0.05, 0.1) is 18.5 Å². The van der Waals surface area contributed by atoms with Gasteiger partial charge in [-0.1, -0.05) is 42.6 Å². The maximum Gasteiger partial charge on any atom is 0.125 e. The maximum atomic E-state index is 6.07. The Hall–Kier alpha value is -2.82. The fraction of sp³-hybridized carbons (Fsp3) is 0.462. The van der Waals surface area contributed by atoms with Gasteiger partial charge >= 0.3 is 0 Å². The summed E-state index contributed by atoms with van der Waals surface area (Å²) in [7, 11) is 1.53. The van der Waals surface area contributed by atoms with Crippen molar-refractivity contribution in [2.24, 2.45) is 5.16 Å². The van der Waals surface area contributed by atoms with E-state index in [1.54, 1.807) is 6.21 Å². The van der Waals surface area contributed by atoms with Crippen molar-refractivity contribution in [3.05, 3.63) is 65.0 Å². The summed E-state index contributed by atoms with van der Waals surface area (Å²) in [6.45, 7) is 7.51. The van der Waals surface area contributed by atoms with E-state index in [1.807, 2.05) is 31.3 Å². The smallest absolute Gasteiger partial charge is 0.125 e. The Morgan fingerprint density at radius 3 is 2.39 bits per heavy atom. The molecule has 0 aliphatic heterocycles. The molecule has 0 radical (unpaired) electrons. The maximum absolute atomic E-state index is 6.07. The highest BCUT2D eigenvalue weighted by Crippen LogP contribution is 2.28.